The van der Waals surface area contributed by atoms with E-state index in [2.05, 4.69) is 4.72 Å². The molecule has 0 spiro atoms. The van der Waals surface area contributed by atoms with Crippen LogP contribution in [0.4, 0.5) is 0 Å². The zero-order valence-corrected chi connectivity index (χ0v) is 12.8. The van der Waals surface area contributed by atoms with Gasteiger partial charge in [0.15, 0.2) is 0 Å². The van der Waals surface area contributed by atoms with E-state index in [0.717, 1.165) is 16.7 Å². The van der Waals surface area contributed by atoms with Crippen molar-refractivity contribution >= 4 is 22.4 Å². The predicted octanol–water partition coefficient (Wildman–Crippen LogP) is 1.66. The molecule has 0 bridgehead atoms. The monoisotopic (exact) mass is 292 g/mol. The summed E-state index contributed by atoms with van der Waals surface area (Å²) in [5.41, 5.74) is 8.02. The molecule has 3 N–H and O–H groups in total. The Morgan fingerprint density at radius 3 is 2.06 bits per heavy atom. The van der Waals surface area contributed by atoms with E-state index in [1.807, 2.05) is 32.9 Å². The normalized spacial score (nSPS) is 12.9. The molecule has 0 aliphatic carbocycles. The summed E-state index contributed by atoms with van der Waals surface area (Å²) in [5.74, 6) is 0. The van der Waals surface area contributed by atoms with Crippen LogP contribution in [0, 0.1) is 20.8 Å². The van der Waals surface area contributed by atoms with Crippen LogP contribution in [0.5, 0.6) is 0 Å². The molecule has 18 heavy (non-hydrogen) atoms. The standard InChI is InChI=1S/C12H20N2O2S.ClH/c1-8-5-9(2)12(10(3)6-8)17(15,16)14-11(4)7-13;/h5-6,11,14H,7,13H2,1-4H3;1H/t11-;/m0./s1. The van der Waals surface area contributed by atoms with Crippen LogP contribution in [-0.2, 0) is 10.0 Å². The van der Waals surface area contributed by atoms with Gasteiger partial charge in [-0.1, -0.05) is 17.7 Å². The Kier molecular flexibility index (Phi) is 6.29. The van der Waals surface area contributed by atoms with Gasteiger partial charge >= 0.3 is 0 Å². The second kappa shape index (κ2) is 6.52. The molecule has 0 saturated heterocycles. The molecule has 0 aromatic heterocycles. The van der Waals surface area contributed by atoms with Gasteiger partial charge in [0.2, 0.25) is 10.0 Å². The maximum atomic E-state index is 12.2. The highest BCUT2D eigenvalue weighted by atomic mass is 35.5. The Morgan fingerprint density at radius 2 is 1.67 bits per heavy atom. The lowest BCUT2D eigenvalue weighted by molar-refractivity contribution is 0.561. The molecule has 104 valence electrons. The molecule has 0 amide bonds. The fraction of sp³-hybridized carbons (Fsp3) is 0.500. The lowest BCUT2D eigenvalue weighted by atomic mass is 10.1. The first kappa shape index (κ1) is 17.4. The molecule has 1 rings (SSSR count). The van der Waals surface area contributed by atoms with Gasteiger partial charge in [0.05, 0.1) is 4.90 Å². The summed E-state index contributed by atoms with van der Waals surface area (Å²) in [6, 6.07) is 3.48. The van der Waals surface area contributed by atoms with E-state index in [9.17, 15) is 8.42 Å². The molecule has 6 heteroatoms. The lowest BCUT2D eigenvalue weighted by Gasteiger charge is -2.16. The van der Waals surface area contributed by atoms with Crippen molar-refractivity contribution < 1.29 is 8.42 Å². The first-order chi connectivity index (χ1) is 7.77. The smallest absolute Gasteiger partial charge is 0.241 e. The van der Waals surface area contributed by atoms with Gasteiger partial charge in [0.25, 0.3) is 0 Å². The van der Waals surface area contributed by atoms with Crippen LogP contribution in [0.2, 0.25) is 0 Å². The maximum absolute atomic E-state index is 12.2. The second-order valence-electron chi connectivity index (χ2n) is 4.49. The van der Waals surface area contributed by atoms with Crippen LogP contribution in [-0.4, -0.2) is 21.0 Å². The molecule has 0 heterocycles. The van der Waals surface area contributed by atoms with Crippen molar-refractivity contribution in [2.45, 2.75) is 38.6 Å². The molecular formula is C12H21ClN2O2S. The number of nitrogens with two attached hydrogens (primary N) is 1. The minimum atomic E-state index is -3.48. The van der Waals surface area contributed by atoms with Crippen molar-refractivity contribution in [2.75, 3.05) is 6.54 Å². The third kappa shape index (κ3) is 3.95. The molecular weight excluding hydrogens is 272 g/mol. The minimum absolute atomic E-state index is 0. The summed E-state index contributed by atoms with van der Waals surface area (Å²) in [5, 5.41) is 0. The topological polar surface area (TPSA) is 72.2 Å². The Balaban J connectivity index is 0.00000289. The zero-order valence-electron chi connectivity index (χ0n) is 11.1. The van der Waals surface area contributed by atoms with Gasteiger partial charge in [0, 0.05) is 12.6 Å². The quantitative estimate of drug-likeness (QED) is 0.886. The van der Waals surface area contributed by atoms with Crippen LogP contribution < -0.4 is 10.5 Å². The number of hydrogen-bond donors (Lipinski definition) is 2. The molecule has 4 nitrogen and oxygen atoms in total. The van der Waals surface area contributed by atoms with E-state index in [-0.39, 0.29) is 25.0 Å². The Hall–Kier alpha value is -0.620. The van der Waals surface area contributed by atoms with Crippen molar-refractivity contribution in [3.8, 4) is 0 Å². The maximum Gasteiger partial charge on any atom is 0.241 e. The van der Waals surface area contributed by atoms with E-state index >= 15 is 0 Å². The van der Waals surface area contributed by atoms with Crippen LogP contribution in [0.3, 0.4) is 0 Å². The molecule has 1 atom stereocenters. The van der Waals surface area contributed by atoms with E-state index in [4.69, 9.17) is 5.73 Å². The van der Waals surface area contributed by atoms with Crippen molar-refractivity contribution in [2.24, 2.45) is 5.73 Å². The third-order valence-electron chi connectivity index (χ3n) is 2.58. The van der Waals surface area contributed by atoms with Crippen LogP contribution >= 0.6 is 12.4 Å². The van der Waals surface area contributed by atoms with E-state index < -0.39 is 10.0 Å². The summed E-state index contributed by atoms with van der Waals surface area (Å²) >= 11 is 0. The number of rotatable bonds is 4. The van der Waals surface area contributed by atoms with Crippen LogP contribution in [0.25, 0.3) is 0 Å². The van der Waals surface area contributed by atoms with Gasteiger partial charge in [-0.15, -0.1) is 12.4 Å². The molecule has 1 aromatic rings. The fourth-order valence-corrected chi connectivity index (χ4v) is 3.67. The Bertz CT molecular complexity index is 492. The molecule has 1 aromatic carbocycles. The summed E-state index contributed by atoms with van der Waals surface area (Å²) in [7, 11) is -3.48. The van der Waals surface area contributed by atoms with Gasteiger partial charge < -0.3 is 5.73 Å². The number of halogens is 1. The van der Waals surface area contributed by atoms with Crippen LogP contribution in [0.1, 0.15) is 23.6 Å². The molecule has 0 unspecified atom stereocenters. The lowest BCUT2D eigenvalue weighted by Crippen LogP contribution is -2.38. The highest BCUT2D eigenvalue weighted by Gasteiger charge is 2.21. The van der Waals surface area contributed by atoms with E-state index in [1.165, 1.54) is 0 Å². The third-order valence-corrected chi connectivity index (χ3v) is 4.48. The highest BCUT2D eigenvalue weighted by molar-refractivity contribution is 7.89. The molecule has 0 saturated carbocycles. The Labute approximate surface area is 115 Å². The molecule has 0 aliphatic heterocycles. The highest BCUT2D eigenvalue weighted by Crippen LogP contribution is 2.21. The van der Waals surface area contributed by atoms with Crippen LogP contribution in [0.15, 0.2) is 17.0 Å². The van der Waals surface area contributed by atoms with Crippen molar-refractivity contribution in [1.82, 2.24) is 4.72 Å². The predicted molar refractivity (Wildman–Crippen MR) is 76.7 cm³/mol. The fourth-order valence-electron chi connectivity index (χ4n) is 1.96. The summed E-state index contributed by atoms with van der Waals surface area (Å²) in [6.07, 6.45) is 0. The van der Waals surface area contributed by atoms with Gasteiger partial charge in [-0.05, 0) is 38.8 Å². The number of sulfonamides is 1. The molecule has 0 fully saturated rings. The minimum Gasteiger partial charge on any atom is -0.329 e. The average Bonchev–Trinajstić information content (AvgIpc) is 2.14. The number of benzene rings is 1. The first-order valence-electron chi connectivity index (χ1n) is 5.58. The molecule has 0 aliphatic rings. The van der Waals surface area contributed by atoms with E-state index in [0.29, 0.717) is 4.90 Å². The largest absolute Gasteiger partial charge is 0.329 e. The average molecular weight is 293 g/mol. The van der Waals surface area contributed by atoms with Crippen molar-refractivity contribution in [3.05, 3.63) is 28.8 Å². The van der Waals surface area contributed by atoms with E-state index in [1.54, 1.807) is 6.92 Å². The SMILES string of the molecule is Cc1cc(C)c(S(=O)(=O)N[C@@H](C)CN)c(C)c1.Cl. The number of nitrogens with one attached hydrogen (secondary N) is 1. The summed E-state index contributed by atoms with van der Waals surface area (Å²) in [4.78, 5) is 0.364. The summed E-state index contributed by atoms with van der Waals surface area (Å²) in [6.45, 7) is 7.59. The van der Waals surface area contributed by atoms with Gasteiger partial charge in [-0.3, -0.25) is 0 Å². The number of aryl methyl sites for hydroxylation is 3. The zero-order chi connectivity index (χ0) is 13.2. The Morgan fingerprint density at radius 1 is 1.22 bits per heavy atom. The van der Waals surface area contributed by atoms with Gasteiger partial charge in [-0.25, -0.2) is 13.1 Å². The first-order valence-corrected chi connectivity index (χ1v) is 7.06. The van der Waals surface area contributed by atoms with Crippen molar-refractivity contribution in [1.29, 1.82) is 0 Å². The molecule has 0 radical (unpaired) electrons. The van der Waals surface area contributed by atoms with Gasteiger partial charge in [-0.2, -0.15) is 0 Å². The number of hydrogen-bond acceptors (Lipinski definition) is 3. The van der Waals surface area contributed by atoms with Gasteiger partial charge in [0.1, 0.15) is 0 Å². The van der Waals surface area contributed by atoms with Crippen molar-refractivity contribution in [3.63, 3.8) is 0 Å². The second-order valence-corrected chi connectivity index (χ2v) is 6.14. The summed E-state index contributed by atoms with van der Waals surface area (Å²) < 4.78 is 26.9.